The first-order chi connectivity index (χ1) is 59.7. The summed E-state index contributed by atoms with van der Waals surface area (Å²) in [4.78, 5) is 183. The molecule has 11 N–H and O–H groups in total. The van der Waals surface area contributed by atoms with Crippen LogP contribution in [0.4, 0.5) is 45.3 Å². The average Bonchev–Trinajstić information content (AvgIpc) is 1.64. The lowest BCUT2D eigenvalue weighted by Crippen LogP contribution is -2.49. The van der Waals surface area contributed by atoms with Gasteiger partial charge in [0.25, 0.3) is 0 Å². The van der Waals surface area contributed by atoms with E-state index >= 15 is 0 Å². The van der Waals surface area contributed by atoms with Crippen molar-refractivity contribution >= 4 is 124 Å². The van der Waals surface area contributed by atoms with E-state index < -0.39 is 0 Å². The summed E-state index contributed by atoms with van der Waals surface area (Å²) in [5, 5.41) is 34.9. The highest BCUT2D eigenvalue weighted by atomic mass is 32.2. The topological polar surface area (TPSA) is 417 Å². The molecule has 12 rings (SSSR count). The average molecular weight is 1750 g/mol. The maximum absolute atomic E-state index is 14.4. The number of unbranched alkanes of at least 4 members (excludes halogenated alkanes) is 11. The van der Waals surface area contributed by atoms with Gasteiger partial charge in [-0.15, -0.1) is 0 Å². The van der Waals surface area contributed by atoms with Gasteiger partial charge >= 0.3 is 12.1 Å². The third kappa shape index (κ3) is 30.5. The molecule has 2 aromatic rings. The van der Waals surface area contributed by atoms with Gasteiger partial charge in [0.05, 0.1) is 24.2 Å². The molecule has 10 aliphatic rings. The van der Waals surface area contributed by atoms with E-state index in [1.54, 1.807) is 0 Å². The SMILES string of the molecule is CC(=O)NCCCCCC(=O)CC1CCN(c2nc(N3CCC(NC(=O)CCCCCNC(C)=O)CC3)nc(N3CCC(C(=O)NC4CCN(c5nc(N6CCC(NC(=O)CCCCCCC(=O)CCCC[C@@H]7SCC8NC(=O)NC87)CC6)nc(N6CCC(NC(=O)CCCCCNC(=O)CCCC[C@@H]7SCC8NC(=O)NC87)CC6)n5)CC4)CC3)n2)CC1. The van der Waals surface area contributed by atoms with Crippen molar-refractivity contribution in [3.05, 3.63) is 0 Å². The van der Waals surface area contributed by atoms with Crippen molar-refractivity contribution in [1.82, 2.24) is 88.4 Å². The summed E-state index contributed by atoms with van der Waals surface area (Å²) in [6.45, 7) is 12.7. The van der Waals surface area contributed by atoms with Crippen molar-refractivity contribution < 1.29 is 52.7 Å². The highest BCUT2D eigenvalue weighted by molar-refractivity contribution is 8.00. The Labute approximate surface area is 735 Å². The molecule has 10 fully saturated rings. The van der Waals surface area contributed by atoms with Gasteiger partial charge in [-0.3, -0.25) is 43.2 Å². The molecule has 123 heavy (non-hydrogen) atoms. The lowest BCUT2D eigenvalue weighted by Gasteiger charge is -2.37. The third-order valence-electron chi connectivity index (χ3n) is 26.5. The zero-order valence-electron chi connectivity index (χ0n) is 73.2. The van der Waals surface area contributed by atoms with Crippen LogP contribution in [0.3, 0.4) is 0 Å². The summed E-state index contributed by atoms with van der Waals surface area (Å²) < 4.78 is 0. The molecule has 6 atom stereocenters. The van der Waals surface area contributed by atoms with Gasteiger partial charge in [-0.05, 0) is 160 Å². The molecule has 4 unspecified atom stereocenters. The van der Waals surface area contributed by atoms with Crippen molar-refractivity contribution in [1.29, 1.82) is 0 Å². The highest BCUT2D eigenvalue weighted by Gasteiger charge is 2.44. The van der Waals surface area contributed by atoms with E-state index in [0.717, 1.165) is 185 Å². The van der Waals surface area contributed by atoms with Crippen molar-refractivity contribution in [3.8, 4) is 0 Å². The largest absolute Gasteiger partial charge is 0.356 e. The van der Waals surface area contributed by atoms with Crippen molar-refractivity contribution in [3.63, 3.8) is 0 Å². The third-order valence-corrected chi connectivity index (χ3v) is 29.5. The Morgan fingerprint density at radius 3 is 1.01 bits per heavy atom. The Bertz CT molecular complexity index is 3590. The molecule has 0 saturated carbocycles. The number of aromatic nitrogens is 6. The molecule has 2 aromatic heterocycles. The molecule has 0 radical (unpaired) electrons. The van der Waals surface area contributed by atoms with Gasteiger partial charge in [0, 0.05) is 215 Å². The normalized spacial score (nSPS) is 22.4. The number of hydrogen-bond acceptors (Lipinski definition) is 25. The number of ketones is 2. The zero-order valence-corrected chi connectivity index (χ0v) is 74.8. The number of carbonyl (C=O) groups is 11. The van der Waals surface area contributed by atoms with Gasteiger partial charge in [-0.2, -0.15) is 53.4 Å². The summed E-state index contributed by atoms with van der Waals surface area (Å²) in [7, 11) is 0. The summed E-state index contributed by atoms with van der Waals surface area (Å²) in [5.41, 5.74) is 0. The number of piperidine rings is 6. The van der Waals surface area contributed by atoms with Crippen molar-refractivity contribution in [2.24, 2.45) is 11.8 Å². The minimum Gasteiger partial charge on any atom is -0.356 e. The standard InChI is InChI=1S/C87H141N23O11S2/c1-59(111)88-41-17-5-9-22-68(114)56-61-29-44-105(45-30-61)80-99-81(101-82(100-80)107-48-35-64(36-49-107)92-75(117)27-11-6-18-42-89-60(2)112)106-46-31-62(32-47-106)79(119)94-66-39-54-110(55-40-66)85-103-83(108-50-33-63(34-51-108)91-74(116)26-10-4-3-8-20-67(113)21-13-14-23-71-77-69(57-122-71)95-86(120)97-77)102-84(104-85)109-52-37-65(38-53-109)93-76(118)28-12-7-19-43-90-73(115)25-16-15-24-72-78-70(58-123-72)96-87(121)98-78/h61-66,69-72,77-78H,3-58H2,1-2H3,(H,88,111)(H,89,112)(H,90,115)(H,91,116)(H,92,117)(H,93,118)(H,94,119)(H2,95,97,120)(H2,96,98,121)/t69?,70?,71-,72-,77?,78?/m0/s1. The van der Waals surface area contributed by atoms with Gasteiger partial charge in [0.15, 0.2) is 0 Å². The second kappa shape index (κ2) is 49.0. The molecule has 10 saturated heterocycles. The number of nitrogens with zero attached hydrogens (tertiary/aromatic N) is 12. The minimum atomic E-state index is -0.191. The number of carbonyl (C=O) groups excluding carboxylic acids is 11. The molecular weight excluding hydrogens is 1610 g/mol. The summed E-state index contributed by atoms with van der Waals surface area (Å²) in [6, 6.07) is 0.693. The van der Waals surface area contributed by atoms with E-state index in [1.165, 1.54) is 13.8 Å². The maximum atomic E-state index is 14.4. The van der Waals surface area contributed by atoms with E-state index in [1.807, 2.05) is 23.5 Å². The van der Waals surface area contributed by atoms with E-state index in [0.29, 0.717) is 233 Å². The molecule has 0 spiro atoms. The molecular formula is C87H141N23O11S2. The van der Waals surface area contributed by atoms with Gasteiger partial charge in [-0.1, -0.05) is 44.9 Å². The monoisotopic (exact) mass is 1750 g/mol. The molecule has 10 aliphatic heterocycles. The predicted molar refractivity (Wildman–Crippen MR) is 479 cm³/mol. The molecule has 36 heteroatoms. The van der Waals surface area contributed by atoms with Crippen LogP contribution in [0.15, 0.2) is 0 Å². The molecule has 12 heterocycles. The second-order valence-electron chi connectivity index (χ2n) is 36.1. The lowest BCUT2D eigenvalue weighted by atomic mass is 9.90. The summed E-state index contributed by atoms with van der Waals surface area (Å²) >= 11 is 3.81. The fourth-order valence-corrected chi connectivity index (χ4v) is 22.2. The Kier molecular flexibility index (Phi) is 37.4. The van der Waals surface area contributed by atoms with Crippen LogP contribution >= 0.6 is 23.5 Å². The van der Waals surface area contributed by atoms with Crippen LogP contribution in [-0.4, -0.2) is 263 Å². The Hall–Kier alpha value is -8.31. The van der Waals surface area contributed by atoms with E-state index in [4.69, 9.17) is 29.9 Å². The number of anilines is 6. The summed E-state index contributed by atoms with van der Waals surface area (Å²) in [6.07, 6.45) is 29.4. The Balaban J connectivity index is 0.595. The van der Waals surface area contributed by atoms with E-state index in [9.17, 15) is 52.7 Å². The van der Waals surface area contributed by atoms with E-state index in [-0.39, 0.29) is 114 Å². The van der Waals surface area contributed by atoms with Crippen LogP contribution in [0.1, 0.15) is 264 Å². The first-order valence-electron chi connectivity index (χ1n) is 47.1. The first-order valence-corrected chi connectivity index (χ1v) is 49.2. The van der Waals surface area contributed by atoms with Crippen LogP contribution < -0.4 is 87.9 Å². The van der Waals surface area contributed by atoms with Crippen molar-refractivity contribution in [2.45, 2.75) is 323 Å². The number of nitrogens with one attached hydrogen (secondary N) is 11. The molecule has 0 bridgehead atoms. The molecule has 0 aromatic carbocycles. The molecule has 0 aliphatic carbocycles. The molecule has 11 amide bonds. The smallest absolute Gasteiger partial charge is 0.315 e. The summed E-state index contributed by atoms with van der Waals surface area (Å²) in [5.74, 6) is 6.31. The fraction of sp³-hybridized carbons (Fsp3) is 0.805. The number of amides is 11. The first kappa shape index (κ1) is 93.8. The molecule has 34 nitrogen and oxygen atoms in total. The highest BCUT2D eigenvalue weighted by Crippen LogP contribution is 2.37. The van der Waals surface area contributed by atoms with Gasteiger partial charge in [0.1, 0.15) is 11.6 Å². The van der Waals surface area contributed by atoms with Crippen LogP contribution in [0.5, 0.6) is 0 Å². The van der Waals surface area contributed by atoms with Gasteiger partial charge in [-0.25, -0.2) is 9.59 Å². The lowest BCUT2D eigenvalue weighted by molar-refractivity contribution is -0.126. The van der Waals surface area contributed by atoms with Gasteiger partial charge < -0.3 is 87.9 Å². The van der Waals surface area contributed by atoms with Crippen LogP contribution in [-0.2, 0) is 43.2 Å². The Morgan fingerprint density at radius 1 is 0.333 bits per heavy atom. The number of fused-ring (bicyclic) bond motifs is 2. The molecule has 682 valence electrons. The maximum Gasteiger partial charge on any atom is 0.315 e. The number of urea groups is 2. The second-order valence-corrected chi connectivity index (χ2v) is 38.6. The van der Waals surface area contributed by atoms with E-state index in [2.05, 4.69) is 87.9 Å². The zero-order chi connectivity index (χ0) is 86.2. The van der Waals surface area contributed by atoms with Crippen LogP contribution in [0.2, 0.25) is 0 Å². The fourth-order valence-electron chi connectivity index (χ4n) is 19.1. The van der Waals surface area contributed by atoms with Crippen LogP contribution in [0.25, 0.3) is 0 Å². The predicted octanol–water partition coefficient (Wildman–Crippen LogP) is 6.92. The van der Waals surface area contributed by atoms with Crippen molar-refractivity contribution in [2.75, 3.05) is 139 Å². The van der Waals surface area contributed by atoms with Gasteiger partial charge in [0.2, 0.25) is 77.0 Å². The van der Waals surface area contributed by atoms with Crippen LogP contribution in [0, 0.1) is 11.8 Å². The quantitative estimate of drug-likeness (QED) is 0.0236. The minimum absolute atomic E-state index is 0.0146. The Morgan fingerprint density at radius 2 is 0.634 bits per heavy atom. The number of Topliss-reactive ketones (excluding diaryl/α,β-unsaturated/α-hetero) is 2. The number of rotatable bonds is 48. The number of hydrogen-bond donors (Lipinski definition) is 11. The number of thioether (sulfide) groups is 2.